The Hall–Kier alpha value is -0.460. The van der Waals surface area contributed by atoms with Crippen LogP contribution < -0.4 is 5.31 Å². The molecule has 0 amide bonds. The fourth-order valence-corrected chi connectivity index (χ4v) is 0.330. The van der Waals surface area contributed by atoms with Gasteiger partial charge in [0.15, 0.2) is 1.41 Å². The Morgan fingerprint density at radius 2 is 3.29 bits per heavy atom. The summed E-state index contributed by atoms with van der Waals surface area (Å²) in [5.74, 6) is -2.19. The van der Waals surface area contributed by atoms with E-state index in [0.29, 0.717) is 5.31 Å². The summed E-state index contributed by atoms with van der Waals surface area (Å²) >= 11 is 0. The fraction of sp³-hybridized carbons (Fsp3) is 0.667. The molecule has 1 N–H and O–H groups in total. The van der Waals surface area contributed by atoms with Gasteiger partial charge in [0, 0.05) is 13.4 Å². The lowest BCUT2D eigenvalue weighted by Gasteiger charge is -2.12. The summed E-state index contributed by atoms with van der Waals surface area (Å²) in [6.45, 7) is -1.41. The van der Waals surface area contributed by atoms with Crippen LogP contribution in [0.1, 0.15) is 21.5 Å². The predicted octanol–water partition coefficient (Wildman–Crippen LogP) is 1.13. The van der Waals surface area contributed by atoms with Crippen molar-refractivity contribution < 1.29 is 9.64 Å². The molecule has 0 aromatic carbocycles. The van der Waals surface area contributed by atoms with E-state index in [2.05, 4.69) is 0 Å². The molecule has 1 heterocycles. The van der Waals surface area contributed by atoms with Crippen LogP contribution in [0.2, 0.25) is 1.41 Å². The van der Waals surface area contributed by atoms with Crippen LogP contribution in [0.3, 0.4) is 0 Å². The summed E-state index contributed by atoms with van der Waals surface area (Å²) in [6.07, 6.45) is -1.63. The summed E-state index contributed by atoms with van der Waals surface area (Å²) in [5.41, 5.74) is 0. The van der Waals surface area contributed by atoms with Crippen molar-refractivity contribution in [2.45, 2.75) is 13.3 Å². The topological polar surface area (TPSA) is 12.0 Å². The quantitative estimate of drug-likeness (QED) is 0.486. The smallest absolute Gasteiger partial charge is 0.159 e. The molecule has 7 heavy (non-hydrogen) atoms. The molecule has 0 bridgehead atoms. The molecule has 1 unspecified atom stereocenters. The van der Waals surface area contributed by atoms with Gasteiger partial charge in [-0.25, -0.2) is 0 Å². The van der Waals surface area contributed by atoms with E-state index in [-0.39, 0.29) is 0 Å². The number of hydrogen-bond acceptors (Lipinski definition) is 1. The van der Waals surface area contributed by atoms with E-state index in [9.17, 15) is 0 Å². The van der Waals surface area contributed by atoms with E-state index >= 15 is 0 Å². The highest BCUT2D eigenvalue weighted by atomic mass is 14.8. The zero-order valence-corrected chi connectivity index (χ0v) is 4.02. The van der Waals surface area contributed by atoms with Crippen LogP contribution in [0.25, 0.3) is 0 Å². The van der Waals surface area contributed by atoms with Crippen molar-refractivity contribution in [3.63, 3.8) is 0 Å². The van der Waals surface area contributed by atoms with Gasteiger partial charge in [-0.3, -0.25) is 0 Å². The highest BCUT2D eigenvalue weighted by Crippen LogP contribution is 2.03. The molecule has 0 aromatic heterocycles. The van der Waals surface area contributed by atoms with E-state index in [1.54, 1.807) is 0 Å². The second kappa shape index (κ2) is 2.01. The second-order valence-electron chi connectivity index (χ2n) is 1.26. The Bertz CT molecular complexity index is 282. The molecule has 0 fully saturated rings. The Morgan fingerprint density at radius 1 is 2.43 bits per heavy atom. The second-order valence-corrected chi connectivity index (χ2v) is 1.26. The highest BCUT2D eigenvalue weighted by Gasteiger charge is 1.99. The largest absolute Gasteiger partial charge is 0.391 e. The SMILES string of the molecule is [2H]C1=CN([2H])C([2H])([2H])C([2H])(C)C1([2H])[2H]. The summed E-state index contributed by atoms with van der Waals surface area (Å²) in [5, 5.41) is 0.323. The Labute approximate surface area is 54.3 Å². The third kappa shape index (κ3) is 1.22. The molecule has 1 aliphatic heterocycles. The van der Waals surface area contributed by atoms with Crippen LogP contribution in [0.4, 0.5) is 0 Å². The molecule has 0 aromatic rings. The summed E-state index contributed by atoms with van der Waals surface area (Å²) in [7, 11) is 0. The molecule has 1 nitrogen and oxygen atoms in total. The Kier molecular flexibility index (Phi) is 0.314. The van der Waals surface area contributed by atoms with E-state index < -0.39 is 24.8 Å². The summed E-state index contributed by atoms with van der Waals surface area (Å²) < 4.78 is 51.9. The number of allylic oxidation sites excluding steroid dienone is 1. The average Bonchev–Trinajstić information content (AvgIpc) is 2.01. The monoisotopic (exact) mass is 104 g/mol. The van der Waals surface area contributed by atoms with Gasteiger partial charge in [-0.05, 0) is 18.5 Å². The van der Waals surface area contributed by atoms with Gasteiger partial charge in [0.25, 0.3) is 0 Å². The standard InChI is InChI=1S/C6H11N/c1-6-3-2-4-7-5-6/h2,4,6-7H,3,5H2,1H3/i2D,3D2,5D2,6D/hD. The van der Waals surface area contributed by atoms with Gasteiger partial charge < -0.3 is 5.31 Å². The van der Waals surface area contributed by atoms with Gasteiger partial charge >= 0.3 is 0 Å². The zero-order valence-electron chi connectivity index (χ0n) is 11.0. The lowest BCUT2D eigenvalue weighted by atomic mass is 10.1. The van der Waals surface area contributed by atoms with Crippen LogP contribution in [-0.4, -0.2) is 6.50 Å². The molecule has 1 atom stereocenters. The maximum Gasteiger partial charge on any atom is 0.159 e. The molecular formula is C6H11N. The lowest BCUT2D eigenvalue weighted by Crippen LogP contribution is -2.18. The van der Waals surface area contributed by atoms with Crippen molar-refractivity contribution in [3.8, 4) is 0 Å². The minimum atomic E-state index is -2.46. The summed E-state index contributed by atoms with van der Waals surface area (Å²) in [4.78, 5) is 0. The van der Waals surface area contributed by atoms with Crippen molar-refractivity contribution in [3.05, 3.63) is 12.3 Å². The first-order valence-corrected chi connectivity index (χ1v) is 2.02. The number of rotatable bonds is 0. The lowest BCUT2D eigenvalue weighted by molar-refractivity contribution is 0.541. The first-order chi connectivity index (χ1) is 6.05. The molecular weight excluding hydrogens is 86.1 g/mol. The van der Waals surface area contributed by atoms with Gasteiger partial charge in [-0.2, -0.15) is 0 Å². The van der Waals surface area contributed by atoms with E-state index in [4.69, 9.17) is 9.64 Å². The van der Waals surface area contributed by atoms with Crippen molar-refractivity contribution in [1.82, 2.24) is 5.31 Å². The molecule has 1 heteroatoms. The van der Waals surface area contributed by atoms with Crippen LogP contribution in [-0.2, 0) is 0 Å². The molecule has 0 spiro atoms. The third-order valence-electron chi connectivity index (χ3n) is 0.621. The molecule has 0 saturated carbocycles. The van der Waals surface area contributed by atoms with Crippen LogP contribution in [0.5, 0.6) is 0 Å². The van der Waals surface area contributed by atoms with Gasteiger partial charge in [0.05, 0.1) is 1.37 Å². The molecule has 40 valence electrons. The molecule has 1 rings (SSSR count). The van der Waals surface area contributed by atoms with Crippen molar-refractivity contribution in [2.24, 2.45) is 5.89 Å². The molecule has 0 aliphatic carbocycles. The third-order valence-corrected chi connectivity index (χ3v) is 0.621. The number of nitrogens with one attached hydrogen (secondary N) is 1. The van der Waals surface area contributed by atoms with Crippen molar-refractivity contribution >= 4 is 0 Å². The Morgan fingerprint density at radius 3 is 4.14 bits per heavy atom. The van der Waals surface area contributed by atoms with E-state index in [1.165, 1.54) is 0 Å². The van der Waals surface area contributed by atoms with Crippen LogP contribution in [0.15, 0.2) is 12.3 Å². The molecule has 1 aliphatic rings. The number of hydrogen-bond donors (Lipinski definition) is 1. The summed E-state index contributed by atoms with van der Waals surface area (Å²) in [6, 6.07) is -0.555. The van der Waals surface area contributed by atoms with E-state index in [0.717, 1.165) is 13.1 Å². The van der Waals surface area contributed by atoms with Gasteiger partial charge in [0.1, 0.15) is 0 Å². The highest BCUT2D eigenvalue weighted by molar-refractivity contribution is 4.87. The van der Waals surface area contributed by atoms with Crippen LogP contribution >= 0.6 is 0 Å². The maximum atomic E-state index is 7.62. The normalized spacial score (nSPS) is 71.9. The van der Waals surface area contributed by atoms with Crippen molar-refractivity contribution in [2.75, 3.05) is 6.50 Å². The maximum absolute atomic E-state index is 7.62. The van der Waals surface area contributed by atoms with Gasteiger partial charge in [-0.15, -0.1) is 0 Å². The van der Waals surface area contributed by atoms with Gasteiger partial charge in [0.2, 0.25) is 0 Å². The minimum absolute atomic E-state index is 0.323. The van der Waals surface area contributed by atoms with Crippen LogP contribution in [0, 0.1) is 5.89 Å². The average molecular weight is 104 g/mol. The van der Waals surface area contributed by atoms with Crippen molar-refractivity contribution in [1.29, 1.82) is 0 Å². The minimum Gasteiger partial charge on any atom is -0.391 e. The first kappa shape index (κ1) is 1.09. The Balaban J connectivity index is 3.35. The predicted molar refractivity (Wildman–Crippen MR) is 30.9 cm³/mol. The van der Waals surface area contributed by atoms with E-state index in [1.807, 2.05) is 0 Å². The fourth-order valence-electron chi connectivity index (χ4n) is 0.330. The molecule has 0 radical (unpaired) electrons. The first-order valence-electron chi connectivity index (χ1n) is 5.47. The zero-order chi connectivity index (χ0) is 11.4. The van der Waals surface area contributed by atoms with Gasteiger partial charge in [-0.1, -0.05) is 13.0 Å². The molecule has 0 saturated heterocycles.